The van der Waals surface area contributed by atoms with Gasteiger partial charge >= 0.3 is 0 Å². The van der Waals surface area contributed by atoms with Crippen LogP contribution in [0.25, 0.3) is 0 Å². The Hall–Kier alpha value is -2.31. The second-order valence-corrected chi connectivity index (χ2v) is 5.94. The Morgan fingerprint density at radius 1 is 1.29 bits per heavy atom. The van der Waals surface area contributed by atoms with Gasteiger partial charge in [0.1, 0.15) is 12.4 Å². The highest BCUT2D eigenvalue weighted by Gasteiger charge is 2.19. The monoisotopic (exact) mass is 351 g/mol. The average molecular weight is 352 g/mol. The van der Waals surface area contributed by atoms with Crippen molar-refractivity contribution in [2.75, 3.05) is 12.1 Å². The lowest BCUT2D eigenvalue weighted by molar-refractivity contribution is -0.688. The van der Waals surface area contributed by atoms with Gasteiger partial charge in [0.25, 0.3) is 5.91 Å². The van der Waals surface area contributed by atoms with Crippen LogP contribution in [0.4, 0.5) is 10.1 Å². The smallest absolute Gasteiger partial charge is 0.282 e. The van der Waals surface area contributed by atoms with Crippen molar-refractivity contribution in [1.29, 1.82) is 0 Å². The minimum atomic E-state index is -0.444. The van der Waals surface area contributed by atoms with Crippen LogP contribution in [0.2, 0.25) is 5.02 Å². The largest absolute Gasteiger partial charge is 0.454 e. The maximum atomic E-state index is 13.0. The fraction of sp³-hybridized carbons (Fsp3) is 0.235. The number of carbonyl (C=O) groups excluding carboxylic acids is 1. The first kappa shape index (κ1) is 16.5. The Balaban J connectivity index is 1.56. The van der Waals surface area contributed by atoms with Crippen molar-refractivity contribution in [1.82, 2.24) is 0 Å². The molecule has 3 rings (SSSR count). The van der Waals surface area contributed by atoms with Gasteiger partial charge in [-0.05, 0) is 43.3 Å². The third-order valence-electron chi connectivity index (χ3n) is 3.75. The molecule has 0 saturated heterocycles. The highest BCUT2D eigenvalue weighted by Crippen LogP contribution is 2.32. The minimum absolute atomic E-state index is 0.173. The molecule has 0 radical (unpaired) electrons. The van der Waals surface area contributed by atoms with Crippen LogP contribution in [0, 0.1) is 5.82 Å². The molecule has 1 amide bonds. The summed E-state index contributed by atoms with van der Waals surface area (Å²) in [4.78, 5) is 12.2. The summed E-state index contributed by atoms with van der Waals surface area (Å²) in [7, 11) is 0. The molecular weight excluding hydrogens is 335 g/mol. The van der Waals surface area contributed by atoms with Gasteiger partial charge in [-0.3, -0.25) is 4.79 Å². The highest BCUT2D eigenvalue weighted by atomic mass is 35.5. The molecule has 0 saturated carbocycles. The molecule has 0 spiro atoms. The molecule has 0 fully saturated rings. The van der Waals surface area contributed by atoms with Crippen LogP contribution < -0.4 is 20.1 Å². The van der Waals surface area contributed by atoms with Crippen LogP contribution in [0.3, 0.4) is 0 Å². The molecule has 1 atom stereocenters. The third-order valence-corrected chi connectivity index (χ3v) is 4.06. The standard InChI is InChI=1S/C17H16ClFN2O3/c1-10(17(22)21-14-4-3-12(19)7-13(14)18)20-8-11-2-5-15-16(6-11)24-9-23-15/h2-7,10,20H,8-9H2,1H3,(H,21,22)/p+1/t10-/m1/s1. The number of carbonyl (C=O) groups is 1. The van der Waals surface area contributed by atoms with Gasteiger partial charge in [-0.2, -0.15) is 0 Å². The van der Waals surface area contributed by atoms with Crippen LogP contribution in [0.1, 0.15) is 12.5 Å². The number of anilines is 1. The maximum absolute atomic E-state index is 13.0. The first-order valence-electron chi connectivity index (χ1n) is 7.50. The van der Waals surface area contributed by atoms with E-state index in [1.165, 1.54) is 12.1 Å². The molecule has 1 heterocycles. The summed E-state index contributed by atoms with van der Waals surface area (Å²) in [5.41, 5.74) is 1.42. The summed E-state index contributed by atoms with van der Waals surface area (Å²) in [5, 5.41) is 4.77. The summed E-state index contributed by atoms with van der Waals surface area (Å²) in [6.45, 7) is 2.64. The molecule has 0 bridgehead atoms. The minimum Gasteiger partial charge on any atom is -0.454 e. The lowest BCUT2D eigenvalue weighted by Crippen LogP contribution is -2.90. The Kier molecular flexibility index (Phi) is 4.87. The number of benzene rings is 2. The summed E-state index contributed by atoms with van der Waals surface area (Å²) < 4.78 is 23.6. The summed E-state index contributed by atoms with van der Waals surface area (Å²) >= 11 is 5.91. The molecule has 1 aliphatic rings. The number of ether oxygens (including phenoxy) is 2. The molecule has 7 heteroatoms. The molecule has 3 N–H and O–H groups in total. The van der Waals surface area contributed by atoms with Crippen molar-refractivity contribution < 1.29 is 24.0 Å². The zero-order valence-corrected chi connectivity index (χ0v) is 13.8. The van der Waals surface area contributed by atoms with E-state index in [0.29, 0.717) is 12.2 Å². The van der Waals surface area contributed by atoms with Gasteiger partial charge in [0.2, 0.25) is 6.79 Å². The zero-order valence-electron chi connectivity index (χ0n) is 13.0. The fourth-order valence-electron chi connectivity index (χ4n) is 2.33. The van der Waals surface area contributed by atoms with E-state index in [1.54, 1.807) is 6.92 Å². The summed E-state index contributed by atoms with van der Waals surface area (Å²) in [6, 6.07) is 9.22. The molecule has 0 aromatic heterocycles. The van der Waals surface area contributed by atoms with Crippen LogP contribution in [-0.2, 0) is 11.3 Å². The van der Waals surface area contributed by atoms with E-state index < -0.39 is 5.82 Å². The lowest BCUT2D eigenvalue weighted by atomic mass is 10.2. The third kappa shape index (κ3) is 3.77. The van der Waals surface area contributed by atoms with Crippen molar-refractivity contribution in [2.24, 2.45) is 0 Å². The van der Waals surface area contributed by atoms with Gasteiger partial charge in [0, 0.05) is 5.56 Å². The summed E-state index contributed by atoms with van der Waals surface area (Å²) in [5.74, 6) is 0.802. The van der Waals surface area contributed by atoms with Gasteiger partial charge < -0.3 is 20.1 Å². The predicted molar refractivity (Wildman–Crippen MR) is 87.7 cm³/mol. The van der Waals surface area contributed by atoms with Gasteiger partial charge in [0.05, 0.1) is 10.7 Å². The Labute approximate surface area is 143 Å². The average Bonchev–Trinajstić information content (AvgIpc) is 3.02. The van der Waals surface area contributed by atoms with E-state index in [4.69, 9.17) is 21.1 Å². The molecule has 5 nitrogen and oxygen atoms in total. The maximum Gasteiger partial charge on any atom is 0.282 e. The second-order valence-electron chi connectivity index (χ2n) is 5.53. The highest BCUT2D eigenvalue weighted by molar-refractivity contribution is 6.33. The van der Waals surface area contributed by atoms with Crippen molar-refractivity contribution in [3.8, 4) is 11.5 Å². The number of hydrogen-bond donors (Lipinski definition) is 2. The number of nitrogens with two attached hydrogens (primary N) is 1. The van der Waals surface area contributed by atoms with Gasteiger partial charge in [-0.25, -0.2) is 4.39 Å². The van der Waals surface area contributed by atoms with Crippen molar-refractivity contribution >= 4 is 23.2 Å². The van der Waals surface area contributed by atoms with Crippen LogP contribution >= 0.6 is 11.6 Å². The zero-order chi connectivity index (χ0) is 17.1. The molecule has 126 valence electrons. The summed E-state index contributed by atoms with van der Waals surface area (Å²) in [6.07, 6.45) is 0. The molecule has 0 aliphatic carbocycles. The number of amides is 1. The fourth-order valence-corrected chi connectivity index (χ4v) is 2.54. The number of hydrogen-bond acceptors (Lipinski definition) is 3. The van der Waals surface area contributed by atoms with Crippen LogP contribution in [0.5, 0.6) is 11.5 Å². The number of rotatable bonds is 5. The Morgan fingerprint density at radius 3 is 2.88 bits per heavy atom. The van der Waals surface area contributed by atoms with E-state index in [0.717, 1.165) is 23.1 Å². The van der Waals surface area contributed by atoms with E-state index in [9.17, 15) is 9.18 Å². The van der Waals surface area contributed by atoms with Gasteiger partial charge in [0.15, 0.2) is 17.5 Å². The number of quaternary nitrogens is 1. The second kappa shape index (κ2) is 7.07. The molecule has 24 heavy (non-hydrogen) atoms. The molecule has 2 aromatic carbocycles. The van der Waals surface area contributed by atoms with Crippen LogP contribution in [-0.4, -0.2) is 18.7 Å². The Morgan fingerprint density at radius 2 is 2.08 bits per heavy atom. The van der Waals surface area contributed by atoms with Crippen molar-refractivity contribution in [2.45, 2.75) is 19.5 Å². The lowest BCUT2D eigenvalue weighted by Gasteiger charge is -2.12. The predicted octanol–water partition coefficient (Wildman–Crippen LogP) is 2.30. The van der Waals surface area contributed by atoms with Crippen molar-refractivity contribution in [3.63, 3.8) is 0 Å². The molecule has 0 unspecified atom stereocenters. The van der Waals surface area contributed by atoms with E-state index >= 15 is 0 Å². The Bertz CT molecular complexity index is 769. The first-order chi connectivity index (χ1) is 11.5. The molecular formula is C17H17ClFN2O3+. The van der Waals surface area contributed by atoms with E-state index in [1.807, 2.05) is 23.5 Å². The van der Waals surface area contributed by atoms with Crippen LogP contribution in [0.15, 0.2) is 36.4 Å². The first-order valence-corrected chi connectivity index (χ1v) is 7.88. The van der Waals surface area contributed by atoms with Gasteiger partial charge in [-0.1, -0.05) is 11.6 Å². The number of halogens is 2. The molecule has 2 aromatic rings. The number of nitrogens with one attached hydrogen (secondary N) is 1. The molecule has 1 aliphatic heterocycles. The normalized spacial score (nSPS) is 13.6. The topological polar surface area (TPSA) is 64.2 Å². The number of fused-ring (bicyclic) bond motifs is 1. The van der Waals surface area contributed by atoms with E-state index in [-0.39, 0.29) is 23.8 Å². The SMILES string of the molecule is C[C@@H]([NH2+]Cc1ccc2c(c1)OCO2)C(=O)Nc1ccc(F)cc1Cl. The van der Waals surface area contributed by atoms with Crippen molar-refractivity contribution in [3.05, 3.63) is 52.8 Å². The van der Waals surface area contributed by atoms with Gasteiger partial charge in [-0.15, -0.1) is 0 Å². The quantitative estimate of drug-likeness (QED) is 0.868. The van der Waals surface area contributed by atoms with E-state index in [2.05, 4.69) is 5.32 Å².